The van der Waals surface area contributed by atoms with Gasteiger partial charge in [0.15, 0.2) is 0 Å². The first kappa shape index (κ1) is 13.9. The van der Waals surface area contributed by atoms with Gasteiger partial charge in [0.1, 0.15) is 5.01 Å². The molecule has 2 heterocycles. The molecule has 0 fully saturated rings. The van der Waals surface area contributed by atoms with Crippen molar-refractivity contribution in [3.8, 4) is 0 Å². The van der Waals surface area contributed by atoms with Gasteiger partial charge >= 0.3 is 6.03 Å². The van der Waals surface area contributed by atoms with Gasteiger partial charge in [0.25, 0.3) is 0 Å². The average Bonchev–Trinajstić information content (AvgIpc) is 3.06. The fourth-order valence-electron chi connectivity index (χ4n) is 1.40. The molecule has 2 aromatic heterocycles. The molecule has 8 heteroatoms. The minimum Gasteiger partial charge on any atom is -0.337 e. The van der Waals surface area contributed by atoms with Crippen LogP contribution in [-0.2, 0) is 6.42 Å². The third-order valence-corrected chi connectivity index (χ3v) is 4.42. The fourth-order valence-corrected chi connectivity index (χ4v) is 2.77. The summed E-state index contributed by atoms with van der Waals surface area (Å²) in [5.74, 6) is 0.200. The Morgan fingerprint density at radius 3 is 2.95 bits per heavy atom. The van der Waals surface area contributed by atoms with Gasteiger partial charge in [0, 0.05) is 24.0 Å². The normalized spacial score (nSPS) is 12.1. The number of carbonyl (C=O) groups is 1. The number of carbonyl (C=O) groups excluding carboxylic acids is 1. The highest BCUT2D eigenvalue weighted by atomic mass is 32.1. The molecular formula is C11H15N5OS2. The molecule has 2 N–H and O–H groups in total. The van der Waals surface area contributed by atoms with Crippen molar-refractivity contribution in [2.45, 2.75) is 26.2 Å². The maximum atomic E-state index is 11.7. The molecule has 0 spiro atoms. The highest BCUT2D eigenvalue weighted by Crippen LogP contribution is 2.17. The second-order valence-corrected chi connectivity index (χ2v) is 5.95. The van der Waals surface area contributed by atoms with E-state index >= 15 is 0 Å². The third-order valence-electron chi connectivity index (χ3n) is 2.43. The number of anilines is 1. The molecule has 2 amide bonds. The van der Waals surface area contributed by atoms with Gasteiger partial charge in [-0.05, 0) is 6.42 Å². The van der Waals surface area contributed by atoms with Crippen LogP contribution >= 0.6 is 22.7 Å². The molecule has 0 aromatic carbocycles. The van der Waals surface area contributed by atoms with E-state index in [1.54, 1.807) is 17.5 Å². The summed E-state index contributed by atoms with van der Waals surface area (Å²) in [6.07, 6.45) is 2.59. The molecule has 0 aliphatic carbocycles. The Morgan fingerprint density at radius 2 is 2.32 bits per heavy atom. The maximum Gasteiger partial charge on any atom is 0.321 e. The zero-order valence-electron chi connectivity index (χ0n) is 10.7. The summed E-state index contributed by atoms with van der Waals surface area (Å²) in [5.41, 5.74) is 0. The van der Waals surface area contributed by atoms with Crippen LogP contribution in [0.2, 0.25) is 0 Å². The van der Waals surface area contributed by atoms with Crippen LogP contribution in [0.5, 0.6) is 0 Å². The van der Waals surface area contributed by atoms with Gasteiger partial charge in [-0.15, -0.1) is 21.5 Å². The molecule has 0 saturated carbocycles. The van der Waals surface area contributed by atoms with Crippen LogP contribution in [-0.4, -0.2) is 27.8 Å². The van der Waals surface area contributed by atoms with E-state index < -0.39 is 0 Å². The van der Waals surface area contributed by atoms with E-state index in [0.717, 1.165) is 16.4 Å². The molecule has 2 aromatic rings. The number of nitrogens with one attached hydrogen (secondary N) is 2. The Bertz CT molecular complexity index is 525. The molecule has 0 bridgehead atoms. The summed E-state index contributed by atoms with van der Waals surface area (Å²) in [4.78, 5) is 15.9. The average molecular weight is 297 g/mol. The monoisotopic (exact) mass is 297 g/mol. The number of aromatic nitrogens is 3. The lowest BCUT2D eigenvalue weighted by molar-refractivity contribution is 0.251. The van der Waals surface area contributed by atoms with Gasteiger partial charge in [-0.1, -0.05) is 25.2 Å². The second kappa shape index (κ2) is 6.58. The van der Waals surface area contributed by atoms with E-state index in [9.17, 15) is 4.79 Å². The molecule has 102 valence electrons. The van der Waals surface area contributed by atoms with Gasteiger partial charge in [0.05, 0.1) is 5.01 Å². The first-order valence-electron chi connectivity index (χ1n) is 5.95. The van der Waals surface area contributed by atoms with Crippen LogP contribution in [0.1, 0.15) is 29.8 Å². The topological polar surface area (TPSA) is 79.8 Å². The summed E-state index contributed by atoms with van der Waals surface area (Å²) in [6, 6.07) is -0.262. The number of hydrogen-bond donors (Lipinski definition) is 2. The lowest BCUT2D eigenvalue weighted by Gasteiger charge is -2.09. The summed E-state index contributed by atoms with van der Waals surface area (Å²) in [7, 11) is 0. The maximum absolute atomic E-state index is 11.7. The minimum absolute atomic E-state index is 0.200. The molecule has 19 heavy (non-hydrogen) atoms. The largest absolute Gasteiger partial charge is 0.337 e. The van der Waals surface area contributed by atoms with Crippen molar-refractivity contribution >= 4 is 33.8 Å². The van der Waals surface area contributed by atoms with Crippen molar-refractivity contribution in [1.29, 1.82) is 0 Å². The van der Waals surface area contributed by atoms with Gasteiger partial charge in [0.2, 0.25) is 5.13 Å². The van der Waals surface area contributed by atoms with Crippen molar-refractivity contribution in [1.82, 2.24) is 20.5 Å². The van der Waals surface area contributed by atoms with Crippen molar-refractivity contribution in [2.75, 3.05) is 11.9 Å². The molecule has 0 saturated heterocycles. The van der Waals surface area contributed by atoms with Gasteiger partial charge in [-0.3, -0.25) is 5.32 Å². The van der Waals surface area contributed by atoms with Crippen LogP contribution in [0.3, 0.4) is 0 Å². The summed E-state index contributed by atoms with van der Waals surface area (Å²) in [6.45, 7) is 4.57. The van der Waals surface area contributed by atoms with Crippen LogP contribution in [0.4, 0.5) is 9.93 Å². The number of nitrogens with zero attached hydrogens (tertiary/aromatic N) is 3. The number of urea groups is 1. The van der Waals surface area contributed by atoms with Crippen LogP contribution in [0, 0.1) is 0 Å². The van der Waals surface area contributed by atoms with Gasteiger partial charge in [-0.2, -0.15) is 0 Å². The first-order valence-corrected chi connectivity index (χ1v) is 7.65. The second-order valence-electron chi connectivity index (χ2n) is 3.96. The lowest BCUT2D eigenvalue weighted by Crippen LogP contribution is -2.31. The minimum atomic E-state index is -0.262. The van der Waals surface area contributed by atoms with E-state index in [1.165, 1.54) is 11.3 Å². The van der Waals surface area contributed by atoms with Gasteiger partial charge in [-0.25, -0.2) is 9.78 Å². The van der Waals surface area contributed by atoms with Crippen LogP contribution in [0.15, 0.2) is 11.6 Å². The zero-order chi connectivity index (χ0) is 13.7. The number of hydrogen-bond acceptors (Lipinski definition) is 6. The molecule has 1 unspecified atom stereocenters. The first-order chi connectivity index (χ1) is 9.19. The van der Waals surface area contributed by atoms with Crippen molar-refractivity contribution in [3.05, 3.63) is 21.6 Å². The molecule has 0 aliphatic heterocycles. The Balaban J connectivity index is 1.78. The Morgan fingerprint density at radius 1 is 1.47 bits per heavy atom. The Kier molecular flexibility index (Phi) is 4.80. The van der Waals surface area contributed by atoms with Crippen LogP contribution < -0.4 is 10.6 Å². The number of thiazole rings is 1. The fraction of sp³-hybridized carbons (Fsp3) is 0.455. The molecule has 6 nitrogen and oxygen atoms in total. The quantitative estimate of drug-likeness (QED) is 0.888. The molecule has 0 radical (unpaired) electrons. The van der Waals surface area contributed by atoms with Crippen molar-refractivity contribution < 1.29 is 4.79 Å². The lowest BCUT2D eigenvalue weighted by atomic mass is 10.2. The molecular weight excluding hydrogens is 282 g/mol. The standard InChI is InChI=1S/C11H15N5OS2/c1-3-8-15-16-11(19-8)14-10(17)13-6-7(2)9-12-4-5-18-9/h4-5,7H,3,6H2,1-2H3,(H2,13,14,16,17). The van der Waals surface area contributed by atoms with E-state index in [4.69, 9.17) is 0 Å². The highest BCUT2D eigenvalue weighted by molar-refractivity contribution is 7.15. The molecule has 0 aliphatic rings. The summed E-state index contributed by atoms with van der Waals surface area (Å²) >= 11 is 2.98. The predicted octanol–water partition coefficient (Wildman–Crippen LogP) is 2.48. The van der Waals surface area contributed by atoms with Crippen LogP contribution in [0.25, 0.3) is 0 Å². The van der Waals surface area contributed by atoms with E-state index in [0.29, 0.717) is 11.7 Å². The van der Waals surface area contributed by atoms with Crippen molar-refractivity contribution in [3.63, 3.8) is 0 Å². The predicted molar refractivity (Wildman–Crippen MR) is 76.8 cm³/mol. The Labute approximate surface area is 119 Å². The summed E-state index contributed by atoms with van der Waals surface area (Å²) < 4.78 is 0. The summed E-state index contributed by atoms with van der Waals surface area (Å²) in [5, 5.41) is 17.7. The molecule has 1 atom stereocenters. The number of aryl methyl sites for hydroxylation is 1. The van der Waals surface area contributed by atoms with E-state index in [2.05, 4.69) is 25.8 Å². The number of rotatable bonds is 5. The van der Waals surface area contributed by atoms with Crippen molar-refractivity contribution in [2.24, 2.45) is 0 Å². The smallest absolute Gasteiger partial charge is 0.321 e. The van der Waals surface area contributed by atoms with E-state index in [1.807, 2.05) is 19.2 Å². The highest BCUT2D eigenvalue weighted by Gasteiger charge is 2.11. The molecule has 2 rings (SSSR count). The third kappa shape index (κ3) is 3.97. The van der Waals surface area contributed by atoms with Gasteiger partial charge < -0.3 is 5.32 Å². The zero-order valence-corrected chi connectivity index (χ0v) is 12.3. The van der Waals surface area contributed by atoms with E-state index in [-0.39, 0.29) is 11.9 Å². The SMILES string of the molecule is CCc1nnc(NC(=O)NCC(C)c2nccs2)s1. The number of amides is 2. The Hall–Kier alpha value is -1.54.